The average molecular weight is 331 g/mol. The van der Waals surface area contributed by atoms with Gasteiger partial charge in [0.05, 0.1) is 11.7 Å². The Morgan fingerprint density at radius 2 is 2.11 bits per heavy atom. The van der Waals surface area contributed by atoms with Gasteiger partial charge in [-0.05, 0) is 40.2 Å². The van der Waals surface area contributed by atoms with Crippen molar-refractivity contribution >= 4 is 15.9 Å². The molecule has 7 heteroatoms. The molecule has 1 aromatic carbocycles. The summed E-state index contributed by atoms with van der Waals surface area (Å²) in [6.45, 7) is 2.60. The molecule has 4 nitrogen and oxygen atoms in total. The van der Waals surface area contributed by atoms with Gasteiger partial charge in [0.2, 0.25) is 0 Å². The Morgan fingerprint density at radius 3 is 2.63 bits per heavy atom. The number of aryl methyl sites for hydroxylation is 1. The molecular weight excluding hydrogens is 318 g/mol. The van der Waals surface area contributed by atoms with Gasteiger partial charge in [0, 0.05) is 7.05 Å². The van der Waals surface area contributed by atoms with Gasteiger partial charge >= 0.3 is 0 Å². The summed E-state index contributed by atoms with van der Waals surface area (Å²) in [6.07, 6.45) is 0. The van der Waals surface area contributed by atoms with Crippen molar-refractivity contribution in [3.05, 3.63) is 45.7 Å². The maximum absolute atomic E-state index is 13.4. The lowest BCUT2D eigenvalue weighted by atomic mass is 10.0. The molecule has 0 saturated carbocycles. The van der Waals surface area contributed by atoms with E-state index in [2.05, 4.69) is 31.6 Å². The molecule has 102 valence electrons. The number of nitrogens with zero attached hydrogens (tertiary/aromatic N) is 3. The lowest BCUT2D eigenvalue weighted by Gasteiger charge is -2.18. The zero-order valence-corrected chi connectivity index (χ0v) is 12.1. The number of aromatic nitrogens is 3. The van der Waals surface area contributed by atoms with E-state index in [0.717, 1.165) is 11.8 Å². The molecule has 2 rings (SSSR count). The van der Waals surface area contributed by atoms with Crippen LogP contribution in [0.3, 0.4) is 0 Å². The summed E-state index contributed by atoms with van der Waals surface area (Å²) in [5.74, 6) is -1.73. The van der Waals surface area contributed by atoms with Crippen molar-refractivity contribution in [3.63, 3.8) is 0 Å². The largest absolute Gasteiger partial charge is 0.305 e. The number of benzene rings is 1. The standard InChI is InChI=1S/C12H13BrF2N4/c1-3-16-10(11-12(13)17-18-19(11)2)7-4-5-8(14)9(15)6-7/h4-6,10,16H,3H2,1-2H3. The predicted molar refractivity (Wildman–Crippen MR) is 70.6 cm³/mol. The van der Waals surface area contributed by atoms with Gasteiger partial charge in [-0.1, -0.05) is 18.2 Å². The van der Waals surface area contributed by atoms with Crippen LogP contribution in [-0.2, 0) is 7.05 Å². The molecule has 0 aliphatic heterocycles. The normalized spacial score (nSPS) is 12.7. The van der Waals surface area contributed by atoms with Gasteiger partial charge in [-0.3, -0.25) is 0 Å². The van der Waals surface area contributed by atoms with Crippen molar-refractivity contribution in [3.8, 4) is 0 Å². The molecule has 0 fully saturated rings. The summed E-state index contributed by atoms with van der Waals surface area (Å²) < 4.78 is 28.6. The Balaban J connectivity index is 2.48. The smallest absolute Gasteiger partial charge is 0.159 e. The highest BCUT2D eigenvalue weighted by atomic mass is 79.9. The van der Waals surface area contributed by atoms with E-state index in [-0.39, 0.29) is 6.04 Å². The topological polar surface area (TPSA) is 42.7 Å². The van der Waals surface area contributed by atoms with Gasteiger partial charge < -0.3 is 5.32 Å². The molecule has 1 unspecified atom stereocenters. The first-order valence-electron chi connectivity index (χ1n) is 5.78. The number of hydrogen-bond acceptors (Lipinski definition) is 3. The van der Waals surface area contributed by atoms with E-state index < -0.39 is 11.6 Å². The molecule has 0 spiro atoms. The molecule has 0 aliphatic rings. The van der Waals surface area contributed by atoms with Crippen molar-refractivity contribution in [2.75, 3.05) is 6.54 Å². The molecular formula is C12H13BrF2N4. The lowest BCUT2D eigenvalue weighted by molar-refractivity contribution is 0.501. The van der Waals surface area contributed by atoms with Gasteiger partial charge in [-0.25, -0.2) is 13.5 Å². The summed E-state index contributed by atoms with van der Waals surface area (Å²) in [6, 6.07) is 3.54. The average Bonchev–Trinajstić information content (AvgIpc) is 2.70. The molecule has 0 amide bonds. The van der Waals surface area contributed by atoms with Gasteiger partial charge in [-0.2, -0.15) is 0 Å². The van der Waals surface area contributed by atoms with Crippen molar-refractivity contribution in [1.29, 1.82) is 0 Å². The van der Waals surface area contributed by atoms with E-state index in [1.165, 1.54) is 6.07 Å². The first kappa shape index (κ1) is 14.1. The lowest BCUT2D eigenvalue weighted by Crippen LogP contribution is -2.24. The van der Waals surface area contributed by atoms with Crippen LogP contribution >= 0.6 is 15.9 Å². The van der Waals surface area contributed by atoms with Crippen molar-refractivity contribution in [1.82, 2.24) is 20.3 Å². The minimum Gasteiger partial charge on any atom is -0.305 e. The minimum absolute atomic E-state index is 0.311. The SMILES string of the molecule is CCNC(c1ccc(F)c(F)c1)c1c(Br)nnn1C. The van der Waals surface area contributed by atoms with Crippen LogP contribution in [0.15, 0.2) is 22.8 Å². The third kappa shape index (κ3) is 2.82. The highest BCUT2D eigenvalue weighted by molar-refractivity contribution is 9.10. The fraction of sp³-hybridized carbons (Fsp3) is 0.333. The van der Waals surface area contributed by atoms with E-state index in [0.29, 0.717) is 16.7 Å². The Hall–Kier alpha value is -1.34. The fourth-order valence-corrected chi connectivity index (χ4v) is 2.47. The van der Waals surface area contributed by atoms with Crippen molar-refractivity contribution in [2.45, 2.75) is 13.0 Å². The molecule has 1 N–H and O–H groups in total. The fourth-order valence-electron chi connectivity index (χ4n) is 1.91. The predicted octanol–water partition coefficient (Wildman–Crippen LogP) is 2.55. The van der Waals surface area contributed by atoms with Crippen LogP contribution in [0.4, 0.5) is 8.78 Å². The third-order valence-electron chi connectivity index (χ3n) is 2.79. The van der Waals surface area contributed by atoms with Crippen LogP contribution in [0, 0.1) is 11.6 Å². The van der Waals surface area contributed by atoms with Crippen LogP contribution in [0.25, 0.3) is 0 Å². The van der Waals surface area contributed by atoms with Gasteiger partial charge in [0.1, 0.15) is 0 Å². The van der Waals surface area contributed by atoms with E-state index in [1.54, 1.807) is 17.8 Å². The third-order valence-corrected chi connectivity index (χ3v) is 3.35. The summed E-state index contributed by atoms with van der Waals surface area (Å²) in [5.41, 5.74) is 1.37. The number of hydrogen-bond donors (Lipinski definition) is 1. The van der Waals surface area contributed by atoms with Crippen LogP contribution in [0.5, 0.6) is 0 Å². The molecule has 1 atom stereocenters. The Bertz CT molecular complexity index is 566. The molecule has 1 aromatic heterocycles. The van der Waals surface area contributed by atoms with E-state index in [1.807, 2.05) is 6.92 Å². The molecule has 19 heavy (non-hydrogen) atoms. The Kier molecular flexibility index (Phi) is 4.26. The molecule has 2 aromatic rings. The number of halogens is 3. The van der Waals surface area contributed by atoms with Gasteiger partial charge in [-0.15, -0.1) is 5.10 Å². The zero-order chi connectivity index (χ0) is 14.0. The van der Waals surface area contributed by atoms with E-state index in [9.17, 15) is 8.78 Å². The molecule has 0 bridgehead atoms. The van der Waals surface area contributed by atoms with Crippen LogP contribution < -0.4 is 5.32 Å². The van der Waals surface area contributed by atoms with E-state index in [4.69, 9.17) is 0 Å². The second-order valence-corrected chi connectivity index (χ2v) is 4.80. The first-order valence-corrected chi connectivity index (χ1v) is 6.57. The first-order chi connectivity index (χ1) is 9.04. The highest BCUT2D eigenvalue weighted by Gasteiger charge is 2.22. The quantitative estimate of drug-likeness (QED) is 0.936. The number of nitrogens with one attached hydrogen (secondary N) is 1. The van der Waals surface area contributed by atoms with Crippen molar-refractivity contribution < 1.29 is 8.78 Å². The Morgan fingerprint density at radius 1 is 1.37 bits per heavy atom. The summed E-state index contributed by atoms with van der Waals surface area (Å²) >= 11 is 3.32. The summed E-state index contributed by atoms with van der Waals surface area (Å²) in [5, 5.41) is 11.0. The monoisotopic (exact) mass is 330 g/mol. The summed E-state index contributed by atoms with van der Waals surface area (Å²) in [4.78, 5) is 0. The van der Waals surface area contributed by atoms with Crippen LogP contribution in [-0.4, -0.2) is 21.5 Å². The van der Waals surface area contributed by atoms with Gasteiger partial charge in [0.15, 0.2) is 16.2 Å². The van der Waals surface area contributed by atoms with E-state index >= 15 is 0 Å². The Labute approximate surface area is 117 Å². The summed E-state index contributed by atoms with van der Waals surface area (Å²) in [7, 11) is 1.75. The van der Waals surface area contributed by atoms with Crippen LogP contribution in [0.2, 0.25) is 0 Å². The highest BCUT2D eigenvalue weighted by Crippen LogP contribution is 2.27. The molecule has 1 heterocycles. The van der Waals surface area contributed by atoms with Crippen LogP contribution in [0.1, 0.15) is 24.2 Å². The maximum Gasteiger partial charge on any atom is 0.159 e. The maximum atomic E-state index is 13.4. The second-order valence-electron chi connectivity index (χ2n) is 4.05. The molecule has 0 radical (unpaired) electrons. The number of rotatable bonds is 4. The molecule has 0 saturated heterocycles. The second kappa shape index (κ2) is 5.75. The van der Waals surface area contributed by atoms with Gasteiger partial charge in [0.25, 0.3) is 0 Å². The van der Waals surface area contributed by atoms with Crippen molar-refractivity contribution in [2.24, 2.45) is 7.05 Å². The minimum atomic E-state index is -0.869. The zero-order valence-electron chi connectivity index (χ0n) is 10.5. The molecule has 0 aliphatic carbocycles.